The minimum atomic E-state index is -4.62. The van der Waals surface area contributed by atoms with Crippen molar-refractivity contribution in [2.24, 2.45) is 0 Å². The van der Waals surface area contributed by atoms with E-state index in [1.54, 1.807) is 0 Å². The highest BCUT2D eigenvalue weighted by molar-refractivity contribution is 7.45. The molecule has 0 amide bonds. The average Bonchev–Trinajstić information content (AvgIpc) is 3.26. The molecule has 0 aromatic rings. The average molecular weight is 930 g/mol. The zero-order chi connectivity index (χ0) is 47.8. The second-order valence-electron chi connectivity index (χ2n) is 18.2. The summed E-state index contributed by atoms with van der Waals surface area (Å²) in [6, 6.07) is 0. The molecule has 0 radical (unpaired) electrons. The van der Waals surface area contributed by atoms with E-state index >= 15 is 0 Å². The number of carbonyl (C=O) groups excluding carboxylic acids is 2. The fourth-order valence-electron chi connectivity index (χ4n) is 6.69. The van der Waals surface area contributed by atoms with Gasteiger partial charge in [-0.1, -0.05) is 202 Å². The summed E-state index contributed by atoms with van der Waals surface area (Å²) >= 11 is 0. The highest BCUT2D eigenvalue weighted by atomic mass is 31.2. The Hall–Kier alpha value is -2.81. The lowest BCUT2D eigenvalue weighted by Crippen LogP contribution is -2.37. The van der Waals surface area contributed by atoms with Crippen molar-refractivity contribution in [3.63, 3.8) is 0 Å². The maximum Gasteiger partial charge on any atom is 0.306 e. The van der Waals surface area contributed by atoms with Crippen molar-refractivity contribution >= 4 is 19.8 Å². The fourth-order valence-corrected chi connectivity index (χ4v) is 7.42. The van der Waals surface area contributed by atoms with Crippen molar-refractivity contribution in [2.75, 3.05) is 47.5 Å². The largest absolute Gasteiger partial charge is 0.756 e. The second-order valence-corrected chi connectivity index (χ2v) is 19.6. The maximum absolute atomic E-state index is 12.7. The predicted octanol–water partition coefficient (Wildman–Crippen LogP) is 14.9. The van der Waals surface area contributed by atoms with E-state index in [9.17, 15) is 19.0 Å². The van der Waals surface area contributed by atoms with Crippen LogP contribution in [0.5, 0.6) is 0 Å². The minimum Gasteiger partial charge on any atom is -0.756 e. The van der Waals surface area contributed by atoms with Crippen LogP contribution in [0.3, 0.4) is 0 Å². The van der Waals surface area contributed by atoms with Crippen molar-refractivity contribution in [2.45, 2.75) is 206 Å². The number of phosphoric acid groups is 1. The molecule has 65 heavy (non-hydrogen) atoms. The molecule has 0 rings (SSSR count). The van der Waals surface area contributed by atoms with Gasteiger partial charge in [-0.15, -0.1) is 0 Å². The number of quaternary nitrogens is 1. The summed E-state index contributed by atoms with van der Waals surface area (Å²) in [7, 11) is 1.16. The molecule has 0 aromatic carbocycles. The van der Waals surface area contributed by atoms with E-state index < -0.39 is 32.5 Å². The first-order valence-corrected chi connectivity index (χ1v) is 27.3. The van der Waals surface area contributed by atoms with E-state index in [4.69, 9.17) is 18.5 Å². The maximum atomic E-state index is 12.7. The quantitative estimate of drug-likeness (QED) is 0.0195. The molecule has 0 aliphatic rings. The molecule has 0 fully saturated rings. The molecule has 0 saturated carbocycles. The number of esters is 2. The van der Waals surface area contributed by atoms with E-state index in [1.807, 2.05) is 21.1 Å². The number of phosphoric ester groups is 1. The lowest BCUT2D eigenvalue weighted by atomic mass is 10.0. The first-order chi connectivity index (χ1) is 31.5. The van der Waals surface area contributed by atoms with Gasteiger partial charge in [-0.2, -0.15) is 0 Å². The minimum absolute atomic E-state index is 0.0330. The fraction of sp³-hybridized carbons (Fsp3) is 0.709. The first-order valence-electron chi connectivity index (χ1n) is 25.8. The van der Waals surface area contributed by atoms with Crippen molar-refractivity contribution in [1.29, 1.82) is 0 Å². The molecule has 9 nitrogen and oxygen atoms in total. The van der Waals surface area contributed by atoms with Crippen molar-refractivity contribution < 1.29 is 42.1 Å². The molecule has 374 valence electrons. The van der Waals surface area contributed by atoms with Crippen LogP contribution in [0.25, 0.3) is 0 Å². The van der Waals surface area contributed by atoms with Gasteiger partial charge < -0.3 is 27.9 Å². The van der Waals surface area contributed by atoms with Gasteiger partial charge in [0.2, 0.25) is 0 Å². The molecule has 0 heterocycles. The van der Waals surface area contributed by atoms with Crippen LogP contribution < -0.4 is 4.89 Å². The normalized spacial score (nSPS) is 14.1. The number of hydrogen-bond donors (Lipinski definition) is 0. The Balaban J connectivity index is 3.96. The summed E-state index contributed by atoms with van der Waals surface area (Å²) in [6.07, 6.45) is 61.0. The summed E-state index contributed by atoms with van der Waals surface area (Å²) < 4.78 is 33.8. The van der Waals surface area contributed by atoms with Crippen LogP contribution in [-0.2, 0) is 32.7 Å². The summed E-state index contributed by atoms with van der Waals surface area (Å²) in [5.74, 6) is -0.847. The number of rotatable bonds is 46. The molecule has 2 unspecified atom stereocenters. The third-order valence-corrected chi connectivity index (χ3v) is 11.6. The summed E-state index contributed by atoms with van der Waals surface area (Å²) in [5, 5.41) is 0. The zero-order valence-corrected chi connectivity index (χ0v) is 43.0. The van der Waals surface area contributed by atoms with E-state index in [2.05, 4.69) is 98.9 Å². The topological polar surface area (TPSA) is 111 Å². The van der Waals surface area contributed by atoms with E-state index in [-0.39, 0.29) is 26.1 Å². The summed E-state index contributed by atoms with van der Waals surface area (Å²) in [5.41, 5.74) is 0. The number of unbranched alkanes of at least 4 members (excludes halogenated alkanes) is 18. The SMILES string of the molecule is CC/C=C\C/C=C\C/C=C\C/C=C\C/C=C\C/C=C\C/C=C\CCCCCCCCCCCCCCCC(=O)OC(COC(=O)CCCCCCCC)COP(=O)([O-])OCC[N+](C)(C)C. The van der Waals surface area contributed by atoms with E-state index in [0.717, 1.165) is 96.3 Å². The third-order valence-electron chi connectivity index (χ3n) is 10.7. The molecular weight excluding hydrogens is 834 g/mol. The van der Waals surface area contributed by atoms with Gasteiger partial charge in [0.25, 0.3) is 7.82 Å². The standard InChI is InChI=1S/C55H96NO8P/c1-6-8-10-12-14-15-16-17-18-19-20-21-22-23-24-25-26-27-28-29-30-31-32-33-34-35-36-37-38-39-40-41-42-44-46-48-55(58)64-53(51-61-54(57)47-45-43-13-11-9-7-2)52-63-65(59,60)62-50-49-56(3,4)5/h8,10,14-15,17-18,20-21,23-24,26-27,29-30,53H,6-7,9,11-13,16,19,22,25,28,31-52H2,1-5H3/b10-8-,15-14-,18-17-,21-20-,24-23-,27-26-,30-29-. The zero-order valence-electron chi connectivity index (χ0n) is 42.2. The highest BCUT2D eigenvalue weighted by Gasteiger charge is 2.21. The molecule has 0 spiro atoms. The van der Waals surface area contributed by atoms with Crippen LogP contribution in [-0.4, -0.2) is 70.0 Å². The highest BCUT2D eigenvalue weighted by Crippen LogP contribution is 2.38. The first kappa shape index (κ1) is 62.2. The van der Waals surface area contributed by atoms with Crippen molar-refractivity contribution in [1.82, 2.24) is 0 Å². The molecule has 2 atom stereocenters. The van der Waals surface area contributed by atoms with Crippen molar-refractivity contribution in [3.8, 4) is 0 Å². The van der Waals surface area contributed by atoms with Crippen LogP contribution in [0, 0.1) is 0 Å². The Morgan fingerprint density at radius 2 is 0.877 bits per heavy atom. The molecule has 0 aromatic heterocycles. The molecule has 0 aliphatic heterocycles. The Morgan fingerprint density at radius 3 is 1.31 bits per heavy atom. The molecular formula is C55H96NO8P. The monoisotopic (exact) mass is 930 g/mol. The Morgan fingerprint density at radius 1 is 0.492 bits per heavy atom. The van der Waals surface area contributed by atoms with Crippen LogP contribution in [0.1, 0.15) is 200 Å². The van der Waals surface area contributed by atoms with Gasteiger partial charge in [-0.25, -0.2) is 0 Å². The molecule has 0 aliphatic carbocycles. The van der Waals surface area contributed by atoms with Gasteiger partial charge in [0, 0.05) is 12.8 Å². The van der Waals surface area contributed by atoms with Crippen molar-refractivity contribution in [3.05, 3.63) is 85.1 Å². The lowest BCUT2D eigenvalue weighted by molar-refractivity contribution is -0.870. The predicted molar refractivity (Wildman–Crippen MR) is 272 cm³/mol. The van der Waals surface area contributed by atoms with Crippen LogP contribution in [0.15, 0.2) is 85.1 Å². The number of ether oxygens (including phenoxy) is 2. The van der Waals surface area contributed by atoms with Gasteiger partial charge in [-0.05, 0) is 70.6 Å². The summed E-state index contributed by atoms with van der Waals surface area (Å²) in [4.78, 5) is 37.4. The summed E-state index contributed by atoms with van der Waals surface area (Å²) in [6.45, 7) is 4.03. The molecule has 0 N–H and O–H groups in total. The number of nitrogens with zero attached hydrogens (tertiary/aromatic N) is 1. The number of carbonyl (C=O) groups is 2. The molecule has 0 saturated heterocycles. The second kappa shape index (κ2) is 46.3. The Bertz CT molecular complexity index is 1380. The van der Waals surface area contributed by atoms with Crippen LogP contribution in [0.4, 0.5) is 0 Å². The van der Waals surface area contributed by atoms with Gasteiger partial charge in [0.1, 0.15) is 19.8 Å². The van der Waals surface area contributed by atoms with Gasteiger partial charge in [0.05, 0.1) is 27.7 Å². The van der Waals surface area contributed by atoms with Crippen LogP contribution in [0.2, 0.25) is 0 Å². The number of allylic oxidation sites excluding steroid dienone is 14. The van der Waals surface area contributed by atoms with Crippen LogP contribution >= 0.6 is 7.82 Å². The molecule has 0 bridgehead atoms. The van der Waals surface area contributed by atoms with Gasteiger partial charge in [0.15, 0.2) is 6.10 Å². The number of hydrogen-bond acceptors (Lipinski definition) is 8. The van der Waals surface area contributed by atoms with E-state index in [0.29, 0.717) is 17.4 Å². The molecule has 10 heteroatoms. The smallest absolute Gasteiger partial charge is 0.306 e. The van der Waals surface area contributed by atoms with E-state index in [1.165, 1.54) is 70.6 Å². The van der Waals surface area contributed by atoms with Gasteiger partial charge in [-0.3, -0.25) is 14.2 Å². The number of likely N-dealkylation sites (N-methyl/N-ethyl adjacent to an activating group) is 1. The Labute approximate surface area is 399 Å². The Kier molecular flexibility index (Phi) is 44.3. The lowest BCUT2D eigenvalue weighted by Gasteiger charge is -2.28. The van der Waals surface area contributed by atoms with Gasteiger partial charge >= 0.3 is 11.9 Å². The third kappa shape index (κ3) is 50.4.